The summed E-state index contributed by atoms with van der Waals surface area (Å²) >= 11 is 1.95. The highest BCUT2D eigenvalue weighted by molar-refractivity contribution is 8.00. The molecule has 3 aliphatic rings. The lowest BCUT2D eigenvalue weighted by Crippen LogP contribution is -2.57. The van der Waals surface area contributed by atoms with Crippen molar-refractivity contribution in [3.63, 3.8) is 0 Å². The van der Waals surface area contributed by atoms with Crippen LogP contribution in [0.1, 0.15) is 87.5 Å². The molecule has 14 rings (SSSR count). The minimum absolute atomic E-state index is 0.0581. The molecular formula is C67H56BN3S. The average Bonchev–Trinajstić information content (AvgIpc) is 4.04. The Morgan fingerprint density at radius 3 is 1.74 bits per heavy atom. The lowest BCUT2D eigenvalue weighted by atomic mass is 9.34. The van der Waals surface area contributed by atoms with Gasteiger partial charge in [0, 0.05) is 60.0 Å². The smallest absolute Gasteiger partial charge is 0.244 e. The lowest BCUT2D eigenvalue weighted by molar-refractivity contribution is 0.745. The van der Waals surface area contributed by atoms with E-state index in [9.17, 15) is 0 Å². The van der Waals surface area contributed by atoms with Gasteiger partial charge < -0.3 is 14.0 Å². The SMILES string of the molecule is CC(C)c1cc(C(C)C)c(B2c3ccc(-n4c5ccccc5c5cc6c(cc54)N(c4ccccc4)C4C=CC=CC64)cc3Sc3cc(-n4c5ccccc5c5c6ccccc6ccc54)ccc32)c(C(C)C)c1. The molecule has 1 aliphatic carbocycles. The molecule has 2 aromatic heterocycles. The van der Waals surface area contributed by atoms with E-state index in [0.29, 0.717) is 17.8 Å². The molecule has 2 unspecified atom stereocenters. The molecule has 348 valence electrons. The van der Waals surface area contributed by atoms with Gasteiger partial charge >= 0.3 is 0 Å². The quantitative estimate of drug-likeness (QED) is 0.148. The van der Waals surface area contributed by atoms with Crippen LogP contribution in [0.25, 0.3) is 65.8 Å². The number of anilines is 2. The van der Waals surface area contributed by atoms with Gasteiger partial charge in [0.1, 0.15) is 0 Å². The molecule has 2 aliphatic heterocycles. The van der Waals surface area contributed by atoms with Crippen LogP contribution in [0.5, 0.6) is 0 Å². The first-order valence-corrected chi connectivity index (χ1v) is 26.8. The Morgan fingerprint density at radius 2 is 1.06 bits per heavy atom. The second-order valence-corrected chi connectivity index (χ2v) is 22.4. The molecule has 0 saturated carbocycles. The van der Waals surface area contributed by atoms with Gasteiger partial charge in [-0.25, -0.2) is 0 Å². The van der Waals surface area contributed by atoms with E-state index in [1.165, 1.54) is 126 Å². The molecule has 2 atom stereocenters. The normalized spacial score (nSPS) is 16.1. The van der Waals surface area contributed by atoms with Crippen LogP contribution in [0.15, 0.2) is 210 Å². The summed E-state index contributed by atoms with van der Waals surface area (Å²) in [6.07, 6.45) is 9.22. The van der Waals surface area contributed by atoms with Crippen LogP contribution in [0.2, 0.25) is 0 Å². The van der Waals surface area contributed by atoms with Crippen molar-refractivity contribution in [1.82, 2.24) is 9.13 Å². The fraction of sp³-hybridized carbons (Fsp3) is 0.164. The Labute approximate surface area is 427 Å². The summed E-state index contributed by atoms with van der Waals surface area (Å²) < 4.78 is 5.05. The van der Waals surface area contributed by atoms with Crippen molar-refractivity contribution in [3.8, 4) is 11.4 Å². The van der Waals surface area contributed by atoms with Crippen molar-refractivity contribution in [1.29, 1.82) is 0 Å². The van der Waals surface area contributed by atoms with E-state index in [2.05, 4.69) is 256 Å². The number of benzene rings is 9. The van der Waals surface area contributed by atoms with Gasteiger partial charge in [-0.05, 0) is 118 Å². The largest absolute Gasteiger partial charge is 0.333 e. The minimum Gasteiger partial charge on any atom is -0.333 e. The minimum atomic E-state index is 0.0581. The first kappa shape index (κ1) is 43.3. The van der Waals surface area contributed by atoms with Crippen LogP contribution < -0.4 is 21.3 Å². The second kappa shape index (κ2) is 16.5. The Hall–Kier alpha value is -7.47. The molecule has 4 heterocycles. The number of hydrogen-bond donors (Lipinski definition) is 0. The average molecular weight is 946 g/mol. The van der Waals surface area contributed by atoms with E-state index >= 15 is 0 Å². The molecule has 11 aromatic rings. The number of para-hydroxylation sites is 3. The van der Waals surface area contributed by atoms with Crippen molar-refractivity contribution in [2.75, 3.05) is 4.90 Å². The van der Waals surface area contributed by atoms with E-state index in [-0.39, 0.29) is 18.7 Å². The van der Waals surface area contributed by atoms with Gasteiger partial charge in [-0.3, -0.25) is 0 Å². The Balaban J connectivity index is 1.01. The van der Waals surface area contributed by atoms with Crippen molar-refractivity contribution >= 4 is 101 Å². The number of fused-ring (bicyclic) bond motifs is 13. The molecule has 0 radical (unpaired) electrons. The highest BCUT2D eigenvalue weighted by Gasteiger charge is 2.39. The number of nitrogens with zero attached hydrogens (tertiary/aromatic N) is 3. The van der Waals surface area contributed by atoms with Crippen LogP contribution in [0, 0.1) is 0 Å². The maximum absolute atomic E-state index is 2.56. The number of rotatable bonds is 7. The third kappa shape index (κ3) is 6.45. The molecule has 0 amide bonds. The zero-order chi connectivity index (χ0) is 48.5. The molecule has 0 saturated heterocycles. The van der Waals surface area contributed by atoms with Gasteiger partial charge in [0.25, 0.3) is 0 Å². The molecule has 5 heteroatoms. The topological polar surface area (TPSA) is 13.1 Å². The van der Waals surface area contributed by atoms with Gasteiger partial charge in [0.2, 0.25) is 6.71 Å². The van der Waals surface area contributed by atoms with Crippen LogP contribution in [-0.2, 0) is 0 Å². The van der Waals surface area contributed by atoms with Crippen molar-refractivity contribution in [2.45, 2.75) is 81.0 Å². The van der Waals surface area contributed by atoms with Crippen molar-refractivity contribution in [2.24, 2.45) is 0 Å². The fourth-order valence-electron chi connectivity index (χ4n) is 12.9. The number of hydrogen-bond acceptors (Lipinski definition) is 2. The van der Waals surface area contributed by atoms with E-state index < -0.39 is 0 Å². The van der Waals surface area contributed by atoms with Crippen LogP contribution in [-0.4, -0.2) is 21.9 Å². The summed E-state index contributed by atoms with van der Waals surface area (Å²) in [5, 5.41) is 7.73. The van der Waals surface area contributed by atoms with Gasteiger partial charge in [-0.2, -0.15) is 0 Å². The van der Waals surface area contributed by atoms with Crippen LogP contribution in [0.4, 0.5) is 11.4 Å². The summed E-state index contributed by atoms with van der Waals surface area (Å²) in [5.41, 5.74) is 19.8. The maximum Gasteiger partial charge on any atom is 0.244 e. The molecule has 0 N–H and O–H groups in total. The first-order chi connectivity index (χ1) is 35.2. The van der Waals surface area contributed by atoms with Crippen LogP contribution >= 0.6 is 11.8 Å². The Morgan fingerprint density at radius 1 is 0.458 bits per heavy atom. The zero-order valence-electron chi connectivity index (χ0n) is 41.8. The van der Waals surface area contributed by atoms with Gasteiger partial charge in [-0.1, -0.05) is 203 Å². The van der Waals surface area contributed by atoms with Gasteiger partial charge in [0.15, 0.2) is 0 Å². The molecular weight excluding hydrogens is 890 g/mol. The van der Waals surface area contributed by atoms with E-state index in [1.807, 2.05) is 11.8 Å². The summed E-state index contributed by atoms with van der Waals surface area (Å²) in [6, 6.07) is 67.5. The molecule has 72 heavy (non-hydrogen) atoms. The predicted molar refractivity (Wildman–Crippen MR) is 310 cm³/mol. The summed E-state index contributed by atoms with van der Waals surface area (Å²) in [4.78, 5) is 5.19. The Bertz CT molecular complexity index is 4060. The number of allylic oxidation sites excluding steroid dienone is 2. The summed E-state index contributed by atoms with van der Waals surface area (Å²) in [6.45, 7) is 14.3. The zero-order valence-corrected chi connectivity index (χ0v) is 42.6. The van der Waals surface area contributed by atoms with E-state index in [1.54, 1.807) is 0 Å². The second-order valence-electron chi connectivity index (χ2n) is 21.4. The first-order valence-electron chi connectivity index (χ1n) is 26.0. The highest BCUT2D eigenvalue weighted by Crippen LogP contribution is 2.51. The highest BCUT2D eigenvalue weighted by atomic mass is 32.2. The molecule has 0 bridgehead atoms. The van der Waals surface area contributed by atoms with Gasteiger partial charge in [-0.15, -0.1) is 0 Å². The molecule has 0 spiro atoms. The summed E-state index contributed by atoms with van der Waals surface area (Å²) in [7, 11) is 0. The van der Waals surface area contributed by atoms with Crippen molar-refractivity contribution < 1.29 is 0 Å². The molecule has 3 nitrogen and oxygen atoms in total. The lowest BCUT2D eigenvalue weighted by Gasteiger charge is -2.32. The monoisotopic (exact) mass is 945 g/mol. The Kier molecular flexibility index (Phi) is 9.96. The third-order valence-corrected chi connectivity index (χ3v) is 17.4. The molecule has 9 aromatic carbocycles. The van der Waals surface area contributed by atoms with Gasteiger partial charge in [0.05, 0.1) is 28.1 Å². The van der Waals surface area contributed by atoms with E-state index in [0.717, 1.165) is 0 Å². The van der Waals surface area contributed by atoms with E-state index in [4.69, 9.17) is 0 Å². The maximum atomic E-state index is 2.56. The van der Waals surface area contributed by atoms with Crippen molar-refractivity contribution in [3.05, 3.63) is 222 Å². The standard InChI is InChI=1S/C67H56BN3S/c1-40(2)44-34-52(41(3)4)67(53(35-44)42(5)6)68-56-31-29-46(70-60-27-17-14-24-51(60)66-48-21-11-10-18-43(48)28-33-61(66)70)36-64(56)72-65-37-47(30-32-57(65)68)71-59-26-16-13-23-50(59)55-38-54-49-22-12-15-25-58(49)69(62(54)39-63(55)71)45-19-8-7-9-20-45/h7-42,49,58H,1-6H3. The summed E-state index contributed by atoms with van der Waals surface area (Å²) in [5.74, 6) is 1.43. The predicted octanol–water partition coefficient (Wildman–Crippen LogP) is 16.1. The van der Waals surface area contributed by atoms with Crippen LogP contribution in [0.3, 0.4) is 0 Å². The number of aromatic nitrogens is 2. The third-order valence-electron chi connectivity index (χ3n) is 16.3. The fourth-order valence-corrected chi connectivity index (χ4v) is 14.1. The molecule has 0 fully saturated rings.